The van der Waals surface area contributed by atoms with E-state index >= 15 is 0 Å². The SMILES string of the molecule is CC(=CC(N)[C@H](C(=O)OC(C)(C)C)c1ccc(-c2ccccc2)cc1)C(=O)OC1CCc2ccccc21. The van der Waals surface area contributed by atoms with Crippen molar-refractivity contribution in [1.82, 2.24) is 0 Å². The Morgan fingerprint density at radius 1 is 0.919 bits per heavy atom. The van der Waals surface area contributed by atoms with Crippen LogP contribution in [0, 0.1) is 0 Å². The van der Waals surface area contributed by atoms with E-state index < -0.39 is 29.5 Å². The van der Waals surface area contributed by atoms with E-state index in [1.165, 1.54) is 5.56 Å². The van der Waals surface area contributed by atoms with Crippen LogP contribution in [0.25, 0.3) is 11.1 Å². The summed E-state index contributed by atoms with van der Waals surface area (Å²) in [6, 6.07) is 25.0. The fraction of sp³-hybridized carbons (Fsp3) is 0.312. The highest BCUT2D eigenvalue weighted by molar-refractivity contribution is 5.88. The molecule has 0 saturated carbocycles. The zero-order valence-electron chi connectivity index (χ0n) is 21.9. The van der Waals surface area contributed by atoms with E-state index in [0.717, 1.165) is 35.1 Å². The molecule has 0 spiro atoms. The minimum absolute atomic E-state index is 0.268. The zero-order valence-corrected chi connectivity index (χ0v) is 21.9. The molecule has 1 aliphatic carbocycles. The number of nitrogens with two attached hydrogens (primary N) is 1. The number of rotatable bonds is 7. The molecule has 0 saturated heterocycles. The summed E-state index contributed by atoms with van der Waals surface area (Å²) >= 11 is 0. The molecule has 3 aromatic rings. The van der Waals surface area contributed by atoms with Crippen LogP contribution < -0.4 is 5.73 Å². The molecule has 3 atom stereocenters. The smallest absolute Gasteiger partial charge is 0.334 e. The second-order valence-electron chi connectivity index (χ2n) is 10.6. The first-order chi connectivity index (χ1) is 17.6. The maximum Gasteiger partial charge on any atom is 0.334 e. The van der Waals surface area contributed by atoms with Gasteiger partial charge in [-0.1, -0.05) is 84.9 Å². The third kappa shape index (κ3) is 6.55. The van der Waals surface area contributed by atoms with E-state index in [2.05, 4.69) is 6.07 Å². The first-order valence-corrected chi connectivity index (χ1v) is 12.7. The van der Waals surface area contributed by atoms with Crippen molar-refractivity contribution < 1.29 is 19.1 Å². The Kier molecular flexibility index (Phi) is 7.94. The molecule has 5 heteroatoms. The van der Waals surface area contributed by atoms with Gasteiger partial charge < -0.3 is 15.2 Å². The van der Waals surface area contributed by atoms with Crippen LogP contribution in [0.15, 0.2) is 90.5 Å². The van der Waals surface area contributed by atoms with Crippen LogP contribution in [0.2, 0.25) is 0 Å². The summed E-state index contributed by atoms with van der Waals surface area (Å²) in [6.07, 6.45) is 2.99. The summed E-state index contributed by atoms with van der Waals surface area (Å²) in [6.45, 7) is 7.14. The third-order valence-electron chi connectivity index (χ3n) is 6.51. The van der Waals surface area contributed by atoms with Crippen molar-refractivity contribution in [2.45, 2.75) is 64.2 Å². The van der Waals surface area contributed by atoms with E-state index in [9.17, 15) is 9.59 Å². The number of carbonyl (C=O) groups excluding carboxylic acids is 2. The molecule has 2 unspecified atom stereocenters. The zero-order chi connectivity index (χ0) is 26.6. The molecule has 3 aromatic carbocycles. The molecule has 1 aliphatic rings. The Morgan fingerprint density at radius 2 is 1.54 bits per heavy atom. The summed E-state index contributed by atoms with van der Waals surface area (Å²) in [5.74, 6) is -1.65. The molecule has 0 aliphatic heterocycles. The van der Waals surface area contributed by atoms with Crippen molar-refractivity contribution in [2.75, 3.05) is 0 Å². The largest absolute Gasteiger partial charge is 0.459 e. The van der Waals surface area contributed by atoms with Gasteiger partial charge in [0.25, 0.3) is 0 Å². The summed E-state index contributed by atoms with van der Waals surface area (Å²) in [7, 11) is 0. The molecule has 0 aromatic heterocycles. The Hall–Kier alpha value is -3.70. The van der Waals surface area contributed by atoms with Gasteiger partial charge in [-0.3, -0.25) is 4.79 Å². The molecule has 5 nitrogen and oxygen atoms in total. The van der Waals surface area contributed by atoms with Gasteiger partial charge in [0.15, 0.2) is 0 Å². The molecule has 2 N–H and O–H groups in total. The van der Waals surface area contributed by atoms with Crippen molar-refractivity contribution in [3.8, 4) is 11.1 Å². The van der Waals surface area contributed by atoms with Crippen LogP contribution in [0.3, 0.4) is 0 Å². The molecule has 37 heavy (non-hydrogen) atoms. The van der Waals surface area contributed by atoms with E-state index in [4.69, 9.17) is 15.2 Å². The minimum Gasteiger partial charge on any atom is -0.459 e. The fourth-order valence-electron chi connectivity index (χ4n) is 4.71. The summed E-state index contributed by atoms with van der Waals surface area (Å²) in [5.41, 5.74) is 11.4. The molecule has 0 radical (unpaired) electrons. The maximum absolute atomic E-state index is 13.3. The predicted octanol–water partition coefficient (Wildman–Crippen LogP) is 6.28. The van der Waals surface area contributed by atoms with Gasteiger partial charge in [-0.05, 0) is 68.4 Å². The van der Waals surface area contributed by atoms with Crippen molar-refractivity contribution in [1.29, 1.82) is 0 Å². The standard InChI is InChI=1S/C32H35NO4/c1-21(30(34)36-28-19-18-24-12-8-9-13-26(24)28)20-27(33)29(31(35)37-32(2,3)4)25-16-14-23(15-17-25)22-10-6-5-7-11-22/h5-17,20,27-29H,18-19,33H2,1-4H3/t27?,28?,29-/m1/s1. The first kappa shape index (κ1) is 26.4. The van der Waals surface area contributed by atoms with Crippen LogP contribution in [0.5, 0.6) is 0 Å². The van der Waals surface area contributed by atoms with Gasteiger partial charge in [-0.25, -0.2) is 4.79 Å². The van der Waals surface area contributed by atoms with Crippen molar-refractivity contribution in [3.05, 3.63) is 107 Å². The van der Waals surface area contributed by atoms with E-state index in [1.54, 1.807) is 13.0 Å². The Balaban J connectivity index is 1.55. The number of ether oxygens (including phenoxy) is 2. The Morgan fingerprint density at radius 3 is 2.22 bits per heavy atom. The second-order valence-corrected chi connectivity index (χ2v) is 10.6. The second kappa shape index (κ2) is 11.1. The number of benzene rings is 3. The van der Waals surface area contributed by atoms with Crippen LogP contribution in [-0.2, 0) is 25.5 Å². The lowest BCUT2D eigenvalue weighted by molar-refractivity contribution is -0.157. The lowest BCUT2D eigenvalue weighted by Crippen LogP contribution is -2.37. The van der Waals surface area contributed by atoms with E-state index in [0.29, 0.717) is 5.57 Å². The average molecular weight is 498 g/mol. The molecule has 4 rings (SSSR count). The van der Waals surface area contributed by atoms with Gasteiger partial charge in [0, 0.05) is 11.6 Å². The highest BCUT2D eigenvalue weighted by atomic mass is 16.6. The maximum atomic E-state index is 13.3. The van der Waals surface area contributed by atoms with E-state index in [1.807, 2.05) is 93.6 Å². The van der Waals surface area contributed by atoms with Crippen molar-refractivity contribution in [3.63, 3.8) is 0 Å². The number of hydrogen-bond donors (Lipinski definition) is 1. The quantitative estimate of drug-likeness (QED) is 0.307. The van der Waals surface area contributed by atoms with Crippen LogP contribution >= 0.6 is 0 Å². The number of hydrogen-bond acceptors (Lipinski definition) is 5. The third-order valence-corrected chi connectivity index (χ3v) is 6.51. The Bertz CT molecular complexity index is 1270. The topological polar surface area (TPSA) is 78.6 Å². The summed E-state index contributed by atoms with van der Waals surface area (Å²) < 4.78 is 11.5. The lowest BCUT2D eigenvalue weighted by atomic mass is 9.89. The molecule has 0 bridgehead atoms. The molecular weight excluding hydrogens is 462 g/mol. The predicted molar refractivity (Wildman–Crippen MR) is 146 cm³/mol. The van der Waals surface area contributed by atoms with Crippen LogP contribution in [0.4, 0.5) is 0 Å². The molecule has 192 valence electrons. The fourth-order valence-corrected chi connectivity index (χ4v) is 4.71. The van der Waals surface area contributed by atoms with Gasteiger partial charge >= 0.3 is 11.9 Å². The van der Waals surface area contributed by atoms with E-state index in [-0.39, 0.29) is 6.10 Å². The molecule has 0 amide bonds. The normalized spacial score (nSPS) is 17.0. The van der Waals surface area contributed by atoms with Gasteiger partial charge in [-0.2, -0.15) is 0 Å². The number of carbonyl (C=O) groups is 2. The van der Waals surface area contributed by atoms with Gasteiger partial charge in [0.05, 0.1) is 0 Å². The average Bonchev–Trinajstić information content (AvgIpc) is 3.26. The summed E-state index contributed by atoms with van der Waals surface area (Å²) in [5, 5.41) is 0. The molecule has 0 fully saturated rings. The van der Waals surface area contributed by atoms with Crippen molar-refractivity contribution in [2.24, 2.45) is 5.73 Å². The number of esters is 2. The molecular formula is C32H35NO4. The van der Waals surface area contributed by atoms with Gasteiger partial charge in [-0.15, -0.1) is 0 Å². The monoisotopic (exact) mass is 497 g/mol. The number of aryl methyl sites for hydroxylation is 1. The minimum atomic E-state index is -0.779. The lowest BCUT2D eigenvalue weighted by Gasteiger charge is -2.27. The highest BCUT2D eigenvalue weighted by Gasteiger charge is 2.32. The Labute approximate surface area is 219 Å². The van der Waals surface area contributed by atoms with Crippen LogP contribution in [0.1, 0.15) is 62.8 Å². The number of fused-ring (bicyclic) bond motifs is 1. The molecule has 0 heterocycles. The van der Waals surface area contributed by atoms with Gasteiger partial charge in [0.1, 0.15) is 17.6 Å². The first-order valence-electron chi connectivity index (χ1n) is 12.7. The highest BCUT2D eigenvalue weighted by Crippen LogP contribution is 2.34. The summed E-state index contributed by atoms with van der Waals surface area (Å²) in [4.78, 5) is 26.2. The van der Waals surface area contributed by atoms with Crippen molar-refractivity contribution >= 4 is 11.9 Å². The van der Waals surface area contributed by atoms with Crippen LogP contribution in [-0.4, -0.2) is 23.6 Å². The van der Waals surface area contributed by atoms with Gasteiger partial charge in [0.2, 0.25) is 0 Å².